The van der Waals surface area contributed by atoms with Crippen LogP contribution in [0.5, 0.6) is 0 Å². The van der Waals surface area contributed by atoms with Crippen LogP contribution < -0.4 is 0 Å². The van der Waals surface area contributed by atoms with Crippen molar-refractivity contribution in [3.05, 3.63) is 95.1 Å². The van der Waals surface area contributed by atoms with Gasteiger partial charge in [0.2, 0.25) is 5.78 Å². The second-order valence-electron chi connectivity index (χ2n) is 11.8. The van der Waals surface area contributed by atoms with Crippen molar-refractivity contribution >= 4 is 23.5 Å². The van der Waals surface area contributed by atoms with Crippen LogP contribution in [0.4, 0.5) is 0 Å². The minimum atomic E-state index is -1.58. The molecule has 1 fully saturated rings. The van der Waals surface area contributed by atoms with Crippen LogP contribution in [0, 0.1) is 17.3 Å². The molecule has 1 saturated carbocycles. The highest BCUT2D eigenvalue weighted by atomic mass is 16.6. The molecule has 2 aromatic carbocycles. The highest BCUT2D eigenvalue weighted by molar-refractivity contribution is 6.04. The Labute approximate surface area is 236 Å². The topological polar surface area (TPSA) is 86.7 Å². The number of hydrogen-bond acceptors (Lipinski definition) is 6. The number of esters is 2. The molecule has 0 heterocycles. The van der Waals surface area contributed by atoms with Crippen molar-refractivity contribution < 1.29 is 28.7 Å². The van der Waals surface area contributed by atoms with E-state index < -0.39 is 35.0 Å². The van der Waals surface area contributed by atoms with Crippen LogP contribution in [0.3, 0.4) is 0 Å². The van der Waals surface area contributed by atoms with E-state index in [0.717, 1.165) is 5.57 Å². The maximum atomic E-state index is 14.4. The van der Waals surface area contributed by atoms with Gasteiger partial charge in [-0.2, -0.15) is 0 Å². The number of rotatable bonds is 4. The van der Waals surface area contributed by atoms with Crippen molar-refractivity contribution in [2.75, 3.05) is 0 Å². The van der Waals surface area contributed by atoms with Gasteiger partial charge in [0.25, 0.3) is 0 Å². The number of allylic oxidation sites excluding steroid dienone is 2. The van der Waals surface area contributed by atoms with Crippen molar-refractivity contribution in [2.45, 2.75) is 72.0 Å². The van der Waals surface area contributed by atoms with Gasteiger partial charge in [-0.05, 0) is 62.4 Å². The molecule has 0 aromatic heterocycles. The second-order valence-corrected chi connectivity index (χ2v) is 11.8. The standard InChI is InChI=1S/C34H38O6/c1-22-16-17-28(35)33(4,5)19-18-23(2)30(36)34(40-32(38)26-14-10-7-11-15-26)21-24(3)29(27(34)20-22)39-31(37)25-12-8-6-9-13-25/h6-15,18,20,24,27,29H,16-17,19,21H2,1-5H3/b22-20+,23-18+/t24-,27-,29-,34+/m0/s1. The fourth-order valence-corrected chi connectivity index (χ4v) is 5.72. The molecule has 210 valence electrons. The van der Waals surface area contributed by atoms with Crippen molar-refractivity contribution in [3.63, 3.8) is 0 Å². The Balaban J connectivity index is 1.83. The van der Waals surface area contributed by atoms with Gasteiger partial charge in [0.1, 0.15) is 11.9 Å². The van der Waals surface area contributed by atoms with E-state index >= 15 is 0 Å². The van der Waals surface area contributed by atoms with Gasteiger partial charge in [0, 0.05) is 18.3 Å². The number of ketones is 2. The molecule has 0 amide bonds. The van der Waals surface area contributed by atoms with E-state index in [1.807, 2.05) is 39.8 Å². The number of ether oxygens (including phenoxy) is 2. The largest absolute Gasteiger partial charge is 0.458 e. The third-order valence-corrected chi connectivity index (χ3v) is 8.24. The molecule has 4 atom stereocenters. The summed E-state index contributed by atoms with van der Waals surface area (Å²) in [4.78, 5) is 54.1. The maximum absolute atomic E-state index is 14.4. The summed E-state index contributed by atoms with van der Waals surface area (Å²) in [6, 6.07) is 17.3. The molecular formula is C34H38O6. The van der Waals surface area contributed by atoms with Crippen LogP contribution in [0.2, 0.25) is 0 Å². The van der Waals surface area contributed by atoms with E-state index in [2.05, 4.69) is 0 Å². The van der Waals surface area contributed by atoms with Gasteiger partial charge in [0.05, 0.1) is 17.0 Å². The SMILES string of the molecule is C/C1=C\[C@H]2[C@@H](OC(=O)c3ccccc3)[C@@H](C)C[C@]2(OC(=O)c2ccccc2)C(=O)/C(C)=C/CC(C)(C)C(=O)CC1. The predicted molar refractivity (Wildman–Crippen MR) is 153 cm³/mol. The van der Waals surface area contributed by atoms with E-state index in [1.165, 1.54) is 0 Å². The number of carbonyl (C=O) groups excluding carboxylic acids is 4. The third-order valence-electron chi connectivity index (χ3n) is 8.24. The lowest BCUT2D eigenvalue weighted by Crippen LogP contribution is -2.49. The maximum Gasteiger partial charge on any atom is 0.339 e. The zero-order valence-corrected chi connectivity index (χ0v) is 23.9. The summed E-state index contributed by atoms with van der Waals surface area (Å²) in [6.07, 6.45) is 4.37. The number of Topliss-reactive ketones (excluding diaryl/α,β-unsaturated/α-hetero) is 2. The van der Waals surface area contributed by atoms with Gasteiger partial charge >= 0.3 is 11.9 Å². The normalized spacial score (nSPS) is 29.5. The first kappa shape index (κ1) is 29.2. The Bertz CT molecular complexity index is 1340. The first-order valence-electron chi connectivity index (χ1n) is 13.9. The molecule has 0 unspecified atom stereocenters. The summed E-state index contributed by atoms with van der Waals surface area (Å²) in [5, 5.41) is 0. The van der Waals surface area contributed by atoms with Crippen molar-refractivity contribution in [1.29, 1.82) is 0 Å². The monoisotopic (exact) mass is 542 g/mol. The highest BCUT2D eigenvalue weighted by Crippen LogP contribution is 2.48. The van der Waals surface area contributed by atoms with E-state index in [9.17, 15) is 19.2 Å². The van der Waals surface area contributed by atoms with E-state index in [0.29, 0.717) is 36.0 Å². The first-order valence-corrected chi connectivity index (χ1v) is 13.9. The lowest BCUT2D eigenvalue weighted by Gasteiger charge is -2.35. The minimum Gasteiger partial charge on any atom is -0.458 e. The second kappa shape index (κ2) is 11.7. The summed E-state index contributed by atoms with van der Waals surface area (Å²) in [7, 11) is 0. The molecule has 6 nitrogen and oxygen atoms in total. The van der Waals surface area contributed by atoms with Gasteiger partial charge < -0.3 is 9.47 Å². The fraction of sp³-hybridized carbons (Fsp3) is 0.412. The lowest BCUT2D eigenvalue weighted by atomic mass is 9.77. The van der Waals surface area contributed by atoms with Crippen molar-refractivity contribution in [2.24, 2.45) is 17.3 Å². The van der Waals surface area contributed by atoms with E-state index in [4.69, 9.17) is 9.47 Å². The summed E-state index contributed by atoms with van der Waals surface area (Å²) in [6.45, 7) is 9.29. The third kappa shape index (κ3) is 6.01. The van der Waals surface area contributed by atoms with Crippen LogP contribution in [-0.4, -0.2) is 35.2 Å². The van der Waals surface area contributed by atoms with Gasteiger partial charge in [-0.25, -0.2) is 9.59 Å². The molecule has 0 radical (unpaired) electrons. The Morgan fingerprint density at radius 2 is 1.43 bits per heavy atom. The molecule has 6 heteroatoms. The average molecular weight is 543 g/mol. The average Bonchev–Trinajstić information content (AvgIpc) is 3.20. The quantitative estimate of drug-likeness (QED) is 0.315. The van der Waals surface area contributed by atoms with E-state index in [-0.39, 0.29) is 23.9 Å². The van der Waals surface area contributed by atoms with Gasteiger partial charge in [-0.15, -0.1) is 0 Å². The molecule has 2 aliphatic rings. The number of hydrogen-bond donors (Lipinski definition) is 0. The number of benzene rings is 2. The Morgan fingerprint density at radius 3 is 2.02 bits per heavy atom. The van der Waals surface area contributed by atoms with Gasteiger partial charge in [-0.1, -0.05) is 74.9 Å². The summed E-state index contributed by atoms with van der Waals surface area (Å²) < 4.78 is 12.3. The molecule has 0 bridgehead atoms. The van der Waals surface area contributed by atoms with Crippen LogP contribution >= 0.6 is 0 Å². The van der Waals surface area contributed by atoms with Crippen molar-refractivity contribution in [1.82, 2.24) is 0 Å². The van der Waals surface area contributed by atoms with Crippen LogP contribution in [-0.2, 0) is 19.1 Å². The highest BCUT2D eigenvalue weighted by Gasteiger charge is 2.60. The zero-order valence-electron chi connectivity index (χ0n) is 23.9. The Morgan fingerprint density at radius 1 is 0.850 bits per heavy atom. The molecule has 0 N–H and O–H groups in total. The van der Waals surface area contributed by atoms with E-state index in [1.54, 1.807) is 67.6 Å². The molecule has 2 aliphatic carbocycles. The molecular weight excluding hydrogens is 504 g/mol. The molecule has 0 saturated heterocycles. The zero-order chi connectivity index (χ0) is 29.1. The van der Waals surface area contributed by atoms with Crippen LogP contribution in [0.25, 0.3) is 0 Å². The Hall–Kier alpha value is -3.80. The molecule has 40 heavy (non-hydrogen) atoms. The fourth-order valence-electron chi connectivity index (χ4n) is 5.72. The summed E-state index contributed by atoms with van der Waals surface area (Å²) in [5.74, 6) is -2.35. The van der Waals surface area contributed by atoms with Crippen LogP contribution in [0.1, 0.15) is 81.0 Å². The minimum absolute atomic E-state index is 0.117. The smallest absolute Gasteiger partial charge is 0.339 e. The molecule has 4 rings (SSSR count). The lowest BCUT2D eigenvalue weighted by molar-refractivity contribution is -0.138. The molecule has 0 aliphatic heterocycles. The van der Waals surface area contributed by atoms with Gasteiger partial charge in [-0.3, -0.25) is 9.59 Å². The Kier molecular flexibility index (Phi) is 8.57. The molecule has 0 spiro atoms. The predicted octanol–water partition coefficient (Wildman–Crippen LogP) is 6.70. The van der Waals surface area contributed by atoms with Gasteiger partial charge in [0.15, 0.2) is 5.60 Å². The molecule has 2 aromatic rings. The summed E-state index contributed by atoms with van der Waals surface area (Å²) >= 11 is 0. The summed E-state index contributed by atoms with van der Waals surface area (Å²) in [5.41, 5.74) is -0.188. The number of fused-ring (bicyclic) bond motifs is 1. The van der Waals surface area contributed by atoms with Crippen LogP contribution in [0.15, 0.2) is 84.0 Å². The first-order chi connectivity index (χ1) is 18.9. The van der Waals surface area contributed by atoms with Crippen molar-refractivity contribution in [3.8, 4) is 0 Å². The number of carbonyl (C=O) groups is 4.